The SMILES string of the molecule is Cc1nc(CCC(=O)N2CCCC3(CCC(=O)N(CCc4cnc[nH]4)C3)C2)n[nH]1. The number of piperidine rings is 2. The van der Waals surface area contributed by atoms with Crippen LogP contribution in [0.3, 0.4) is 0 Å². The number of nitrogens with one attached hydrogen (secondary N) is 2. The first-order valence-electron chi connectivity index (χ1n) is 10.4. The molecule has 2 aromatic heterocycles. The van der Waals surface area contributed by atoms with Gasteiger partial charge < -0.3 is 14.8 Å². The monoisotopic (exact) mass is 399 g/mol. The van der Waals surface area contributed by atoms with Gasteiger partial charge in [0.05, 0.1) is 6.33 Å². The van der Waals surface area contributed by atoms with Gasteiger partial charge in [0.2, 0.25) is 11.8 Å². The Kier molecular flexibility index (Phi) is 5.64. The van der Waals surface area contributed by atoms with Crippen molar-refractivity contribution in [1.82, 2.24) is 34.9 Å². The van der Waals surface area contributed by atoms with Crippen LogP contribution in [0, 0.1) is 12.3 Å². The molecule has 2 N–H and O–H groups in total. The summed E-state index contributed by atoms with van der Waals surface area (Å²) in [5.41, 5.74) is 1.07. The predicted octanol–water partition coefficient (Wildman–Crippen LogP) is 1.24. The number of imidazole rings is 1. The fourth-order valence-corrected chi connectivity index (χ4v) is 4.61. The molecule has 4 heterocycles. The number of amides is 2. The molecule has 0 aliphatic carbocycles. The summed E-state index contributed by atoms with van der Waals surface area (Å²) in [5, 5.41) is 6.94. The molecule has 0 bridgehead atoms. The van der Waals surface area contributed by atoms with E-state index in [2.05, 4.69) is 25.1 Å². The van der Waals surface area contributed by atoms with Crippen LogP contribution in [0.15, 0.2) is 12.5 Å². The van der Waals surface area contributed by atoms with Crippen molar-refractivity contribution in [3.63, 3.8) is 0 Å². The molecule has 2 aromatic rings. The highest BCUT2D eigenvalue weighted by atomic mass is 16.2. The maximum Gasteiger partial charge on any atom is 0.223 e. The van der Waals surface area contributed by atoms with Crippen LogP contribution in [-0.2, 0) is 22.4 Å². The summed E-state index contributed by atoms with van der Waals surface area (Å²) < 4.78 is 0. The standard InChI is InChI=1S/C20H29N7O2/c1-15-23-17(25-24-15)3-4-18(28)26-9-2-7-20(12-26)8-5-19(29)27(13-20)10-6-16-11-21-14-22-16/h11,14H,2-10,12-13H2,1H3,(H,21,22)(H,23,24,25). The van der Waals surface area contributed by atoms with Crippen molar-refractivity contribution in [3.05, 3.63) is 29.9 Å². The Bertz CT molecular complexity index is 847. The predicted molar refractivity (Wildman–Crippen MR) is 106 cm³/mol. The molecule has 1 unspecified atom stereocenters. The molecule has 2 aliphatic heterocycles. The third-order valence-electron chi connectivity index (χ3n) is 6.17. The second-order valence-corrected chi connectivity index (χ2v) is 8.40. The fourth-order valence-electron chi connectivity index (χ4n) is 4.61. The molecule has 9 nitrogen and oxygen atoms in total. The Balaban J connectivity index is 1.34. The quantitative estimate of drug-likeness (QED) is 0.759. The van der Waals surface area contributed by atoms with Crippen LogP contribution in [-0.4, -0.2) is 72.9 Å². The Hall–Kier alpha value is -2.71. The van der Waals surface area contributed by atoms with Gasteiger partial charge in [0.15, 0.2) is 5.82 Å². The van der Waals surface area contributed by atoms with E-state index in [-0.39, 0.29) is 17.2 Å². The van der Waals surface area contributed by atoms with Gasteiger partial charge in [-0.25, -0.2) is 9.97 Å². The second-order valence-electron chi connectivity index (χ2n) is 8.40. The molecule has 0 radical (unpaired) electrons. The molecule has 2 fully saturated rings. The smallest absolute Gasteiger partial charge is 0.223 e. The summed E-state index contributed by atoms with van der Waals surface area (Å²) in [6, 6.07) is 0. The van der Waals surface area contributed by atoms with Crippen LogP contribution in [0.4, 0.5) is 0 Å². The van der Waals surface area contributed by atoms with Gasteiger partial charge in [-0.2, -0.15) is 5.10 Å². The number of hydrogen-bond donors (Lipinski definition) is 2. The summed E-state index contributed by atoms with van der Waals surface area (Å²) in [4.78, 5) is 40.7. The molecule has 2 amide bonds. The topological polar surface area (TPSA) is 111 Å². The summed E-state index contributed by atoms with van der Waals surface area (Å²) in [6.45, 7) is 4.84. The molecular formula is C20H29N7O2. The lowest BCUT2D eigenvalue weighted by Crippen LogP contribution is -2.55. The number of hydrogen-bond acceptors (Lipinski definition) is 5. The van der Waals surface area contributed by atoms with Crippen LogP contribution in [0.5, 0.6) is 0 Å². The number of aromatic nitrogens is 5. The molecule has 156 valence electrons. The van der Waals surface area contributed by atoms with Crippen molar-refractivity contribution in [2.24, 2.45) is 5.41 Å². The van der Waals surface area contributed by atoms with E-state index < -0.39 is 0 Å². The van der Waals surface area contributed by atoms with Gasteiger partial charge in [0.25, 0.3) is 0 Å². The molecule has 1 atom stereocenters. The van der Waals surface area contributed by atoms with E-state index in [0.29, 0.717) is 31.6 Å². The number of rotatable bonds is 6. The van der Waals surface area contributed by atoms with Crippen molar-refractivity contribution < 1.29 is 9.59 Å². The van der Waals surface area contributed by atoms with Crippen LogP contribution in [0.25, 0.3) is 0 Å². The average molecular weight is 399 g/mol. The van der Waals surface area contributed by atoms with E-state index in [1.807, 2.05) is 16.7 Å². The number of aryl methyl sites for hydroxylation is 2. The summed E-state index contributed by atoms with van der Waals surface area (Å²) in [6.07, 6.45) is 8.74. The minimum absolute atomic E-state index is 0.0248. The molecule has 2 aliphatic rings. The highest BCUT2D eigenvalue weighted by Gasteiger charge is 2.42. The van der Waals surface area contributed by atoms with Gasteiger partial charge in [-0.15, -0.1) is 0 Å². The third kappa shape index (κ3) is 4.65. The fraction of sp³-hybridized carbons (Fsp3) is 0.650. The van der Waals surface area contributed by atoms with Gasteiger partial charge in [-0.3, -0.25) is 14.7 Å². The van der Waals surface area contributed by atoms with Crippen LogP contribution >= 0.6 is 0 Å². The molecule has 29 heavy (non-hydrogen) atoms. The molecule has 2 saturated heterocycles. The van der Waals surface area contributed by atoms with Crippen molar-refractivity contribution in [1.29, 1.82) is 0 Å². The largest absolute Gasteiger partial charge is 0.348 e. The normalized spacial score (nSPS) is 22.4. The average Bonchev–Trinajstić information content (AvgIpc) is 3.39. The van der Waals surface area contributed by atoms with E-state index in [4.69, 9.17) is 0 Å². The number of aromatic amines is 2. The van der Waals surface area contributed by atoms with Gasteiger partial charge in [0.1, 0.15) is 5.82 Å². The Morgan fingerprint density at radius 1 is 1.28 bits per heavy atom. The Morgan fingerprint density at radius 2 is 2.17 bits per heavy atom. The first-order chi connectivity index (χ1) is 14.0. The van der Waals surface area contributed by atoms with E-state index in [0.717, 1.165) is 56.8 Å². The number of nitrogens with zero attached hydrogens (tertiary/aromatic N) is 5. The van der Waals surface area contributed by atoms with Crippen LogP contribution in [0.2, 0.25) is 0 Å². The minimum atomic E-state index is 0.0248. The zero-order valence-electron chi connectivity index (χ0n) is 17.0. The number of H-pyrrole nitrogens is 2. The Morgan fingerprint density at radius 3 is 2.93 bits per heavy atom. The van der Waals surface area contributed by atoms with Crippen LogP contribution in [0.1, 0.15) is 49.4 Å². The lowest BCUT2D eigenvalue weighted by molar-refractivity contribution is -0.143. The third-order valence-corrected chi connectivity index (χ3v) is 6.17. The highest BCUT2D eigenvalue weighted by Crippen LogP contribution is 2.39. The van der Waals surface area contributed by atoms with Crippen molar-refractivity contribution in [2.75, 3.05) is 26.2 Å². The number of carbonyl (C=O) groups excluding carboxylic acids is 2. The van der Waals surface area contributed by atoms with E-state index in [1.54, 1.807) is 12.5 Å². The highest BCUT2D eigenvalue weighted by molar-refractivity contribution is 5.78. The maximum absolute atomic E-state index is 12.8. The minimum Gasteiger partial charge on any atom is -0.348 e. The zero-order chi connectivity index (χ0) is 20.3. The van der Waals surface area contributed by atoms with Gasteiger partial charge >= 0.3 is 0 Å². The first kappa shape index (κ1) is 19.6. The summed E-state index contributed by atoms with van der Waals surface area (Å²) in [5.74, 6) is 1.84. The van der Waals surface area contributed by atoms with E-state index in [1.165, 1.54) is 0 Å². The van der Waals surface area contributed by atoms with Crippen molar-refractivity contribution in [2.45, 2.75) is 51.9 Å². The maximum atomic E-state index is 12.8. The van der Waals surface area contributed by atoms with Crippen LogP contribution < -0.4 is 0 Å². The van der Waals surface area contributed by atoms with Crippen molar-refractivity contribution in [3.8, 4) is 0 Å². The number of carbonyl (C=O) groups is 2. The van der Waals surface area contributed by atoms with Crippen molar-refractivity contribution >= 4 is 11.8 Å². The first-order valence-corrected chi connectivity index (χ1v) is 10.4. The van der Waals surface area contributed by atoms with Gasteiger partial charge in [0, 0.05) is 69.2 Å². The van der Waals surface area contributed by atoms with E-state index >= 15 is 0 Å². The molecular weight excluding hydrogens is 370 g/mol. The van der Waals surface area contributed by atoms with Gasteiger partial charge in [-0.05, 0) is 26.2 Å². The van der Waals surface area contributed by atoms with Gasteiger partial charge in [-0.1, -0.05) is 0 Å². The lowest BCUT2D eigenvalue weighted by atomic mass is 9.73. The molecule has 4 rings (SSSR count). The zero-order valence-corrected chi connectivity index (χ0v) is 17.0. The second kappa shape index (κ2) is 8.34. The number of likely N-dealkylation sites (tertiary alicyclic amines) is 2. The summed E-state index contributed by atoms with van der Waals surface area (Å²) >= 11 is 0. The Labute approximate surface area is 170 Å². The molecule has 0 saturated carbocycles. The molecule has 1 spiro atoms. The summed E-state index contributed by atoms with van der Waals surface area (Å²) in [7, 11) is 0. The molecule has 9 heteroatoms. The lowest BCUT2D eigenvalue weighted by Gasteiger charge is -2.48. The van der Waals surface area contributed by atoms with E-state index in [9.17, 15) is 9.59 Å². The molecule has 0 aromatic carbocycles.